The van der Waals surface area contributed by atoms with E-state index in [1.54, 1.807) is 6.08 Å². The van der Waals surface area contributed by atoms with Gasteiger partial charge in [-0.1, -0.05) is 197 Å². The van der Waals surface area contributed by atoms with Crippen LogP contribution >= 0.6 is 0 Å². The van der Waals surface area contributed by atoms with Gasteiger partial charge in [0.1, 0.15) is 0 Å². The van der Waals surface area contributed by atoms with E-state index in [-0.39, 0.29) is 18.5 Å². The quantitative estimate of drug-likeness (QED) is 0.0323. The Labute approximate surface area is 358 Å². The summed E-state index contributed by atoms with van der Waals surface area (Å²) in [7, 11) is 0. The molecule has 2 atom stereocenters. The first-order valence-electron chi connectivity index (χ1n) is 24.6. The Morgan fingerprint density at radius 3 is 1.36 bits per heavy atom. The summed E-state index contributed by atoms with van der Waals surface area (Å²) in [5, 5.41) is 22.9. The fourth-order valence-electron chi connectivity index (χ4n) is 6.95. The molecule has 0 aliphatic carbocycles. The van der Waals surface area contributed by atoms with E-state index in [4.69, 9.17) is 4.74 Å². The van der Waals surface area contributed by atoms with E-state index in [1.165, 1.54) is 135 Å². The van der Waals surface area contributed by atoms with Crippen LogP contribution in [0.25, 0.3) is 0 Å². The highest BCUT2D eigenvalue weighted by Gasteiger charge is 2.17. The van der Waals surface area contributed by atoms with Crippen molar-refractivity contribution in [2.45, 2.75) is 244 Å². The molecule has 0 saturated carbocycles. The Hall–Kier alpha value is -2.44. The predicted molar refractivity (Wildman–Crippen MR) is 250 cm³/mol. The minimum atomic E-state index is -0.879. The second-order valence-electron chi connectivity index (χ2n) is 16.4. The monoisotopic (exact) mass is 812 g/mol. The zero-order valence-electron chi connectivity index (χ0n) is 38.0. The summed E-state index contributed by atoms with van der Waals surface area (Å²) in [5.41, 5.74) is 0. The van der Waals surface area contributed by atoms with Gasteiger partial charge in [0.2, 0.25) is 5.91 Å². The van der Waals surface area contributed by atoms with E-state index < -0.39 is 12.1 Å². The number of hydrogen-bond acceptors (Lipinski definition) is 5. The van der Waals surface area contributed by atoms with E-state index >= 15 is 0 Å². The first kappa shape index (κ1) is 55.6. The van der Waals surface area contributed by atoms with Crippen molar-refractivity contribution in [2.24, 2.45) is 0 Å². The lowest BCUT2D eigenvalue weighted by Gasteiger charge is -2.19. The molecule has 0 spiro atoms. The van der Waals surface area contributed by atoms with Gasteiger partial charge in [0, 0.05) is 12.8 Å². The molecule has 0 radical (unpaired) electrons. The number of nitrogens with one attached hydrogen (secondary N) is 1. The van der Waals surface area contributed by atoms with Crippen LogP contribution < -0.4 is 5.32 Å². The first-order valence-corrected chi connectivity index (χ1v) is 24.6. The van der Waals surface area contributed by atoms with Crippen LogP contribution in [0.15, 0.2) is 60.8 Å². The average molecular weight is 812 g/mol. The largest absolute Gasteiger partial charge is 0.466 e. The summed E-state index contributed by atoms with van der Waals surface area (Å²) in [6, 6.07) is -0.672. The molecule has 6 heteroatoms. The van der Waals surface area contributed by atoms with Crippen LogP contribution in [0.3, 0.4) is 0 Å². The number of carbonyl (C=O) groups excluding carboxylic acids is 2. The molecule has 0 bridgehead atoms. The number of carbonyl (C=O) groups is 2. The van der Waals surface area contributed by atoms with Crippen molar-refractivity contribution in [1.82, 2.24) is 5.32 Å². The molecule has 0 heterocycles. The summed E-state index contributed by atoms with van der Waals surface area (Å²) >= 11 is 0. The maximum absolute atomic E-state index is 12.3. The Bertz CT molecular complexity index is 1030. The fourth-order valence-corrected chi connectivity index (χ4v) is 6.95. The van der Waals surface area contributed by atoms with Gasteiger partial charge in [-0.25, -0.2) is 0 Å². The normalized spacial score (nSPS) is 13.2. The molecule has 0 aromatic rings. The molecular weight excluding hydrogens is 719 g/mol. The van der Waals surface area contributed by atoms with E-state index in [0.29, 0.717) is 25.9 Å². The average Bonchev–Trinajstić information content (AvgIpc) is 3.22. The number of aliphatic hydroxyl groups excluding tert-OH is 2. The molecule has 1 amide bonds. The number of allylic oxidation sites excluding steroid dienone is 9. The van der Waals surface area contributed by atoms with Crippen molar-refractivity contribution in [1.29, 1.82) is 0 Å². The van der Waals surface area contributed by atoms with Gasteiger partial charge in [0.25, 0.3) is 0 Å². The van der Waals surface area contributed by atoms with Crippen molar-refractivity contribution < 1.29 is 24.5 Å². The van der Waals surface area contributed by atoms with Gasteiger partial charge in [-0.2, -0.15) is 0 Å². The fraction of sp³-hybridized carbons (Fsp3) is 0.769. The van der Waals surface area contributed by atoms with Gasteiger partial charge >= 0.3 is 5.97 Å². The molecule has 0 aromatic heterocycles. The molecule has 0 aromatic carbocycles. The minimum absolute atomic E-state index is 0.0335. The van der Waals surface area contributed by atoms with Gasteiger partial charge in [0.05, 0.1) is 25.4 Å². The summed E-state index contributed by atoms with van der Waals surface area (Å²) in [4.78, 5) is 24.4. The lowest BCUT2D eigenvalue weighted by molar-refractivity contribution is -0.143. The molecule has 2 unspecified atom stereocenters. The van der Waals surface area contributed by atoms with E-state index in [0.717, 1.165) is 64.2 Å². The number of hydrogen-bond donors (Lipinski definition) is 3. The van der Waals surface area contributed by atoms with Gasteiger partial charge in [-0.3, -0.25) is 9.59 Å². The molecule has 336 valence electrons. The molecule has 3 N–H and O–H groups in total. The number of unbranched alkanes of at least 4 members (excludes halogenated alkanes) is 25. The molecule has 0 aliphatic rings. The van der Waals surface area contributed by atoms with Crippen LogP contribution in [-0.4, -0.2) is 47.4 Å². The van der Waals surface area contributed by atoms with E-state index in [2.05, 4.69) is 61.7 Å². The lowest BCUT2D eigenvalue weighted by Crippen LogP contribution is -2.45. The van der Waals surface area contributed by atoms with E-state index in [1.807, 2.05) is 12.2 Å². The lowest BCUT2D eigenvalue weighted by atomic mass is 10.1. The molecule has 0 aliphatic heterocycles. The second-order valence-corrected chi connectivity index (χ2v) is 16.4. The highest BCUT2D eigenvalue weighted by molar-refractivity contribution is 5.76. The number of esters is 1. The van der Waals surface area contributed by atoms with Gasteiger partial charge in [-0.05, 0) is 83.5 Å². The topological polar surface area (TPSA) is 95.9 Å². The van der Waals surface area contributed by atoms with Gasteiger partial charge in [-0.15, -0.1) is 0 Å². The number of rotatable bonds is 44. The summed E-state index contributed by atoms with van der Waals surface area (Å²) in [6.07, 6.45) is 59.4. The van der Waals surface area contributed by atoms with Crippen molar-refractivity contribution in [3.05, 3.63) is 60.8 Å². The summed E-state index contributed by atoms with van der Waals surface area (Å²) in [5.74, 6) is -0.186. The van der Waals surface area contributed by atoms with Crippen molar-refractivity contribution in [3.63, 3.8) is 0 Å². The van der Waals surface area contributed by atoms with Crippen LogP contribution in [-0.2, 0) is 14.3 Å². The van der Waals surface area contributed by atoms with Crippen molar-refractivity contribution in [3.8, 4) is 0 Å². The Morgan fingerprint density at radius 2 is 0.879 bits per heavy atom. The van der Waals surface area contributed by atoms with Crippen LogP contribution in [0.4, 0.5) is 0 Å². The van der Waals surface area contributed by atoms with Gasteiger partial charge < -0.3 is 20.3 Å². The molecule has 58 heavy (non-hydrogen) atoms. The first-order chi connectivity index (χ1) is 28.5. The predicted octanol–water partition coefficient (Wildman–Crippen LogP) is 14.5. The third-order valence-electron chi connectivity index (χ3n) is 10.8. The Morgan fingerprint density at radius 1 is 0.483 bits per heavy atom. The highest BCUT2D eigenvalue weighted by atomic mass is 16.5. The Kier molecular flexibility index (Phi) is 45.3. The third-order valence-corrected chi connectivity index (χ3v) is 10.8. The summed E-state index contributed by atoms with van der Waals surface area (Å²) in [6.45, 7) is 4.78. The van der Waals surface area contributed by atoms with Crippen LogP contribution in [0.1, 0.15) is 232 Å². The SMILES string of the molecule is CCCCCC/C=C\C/C=C\CCCCCCCC(=O)OCCCCCCCC/C=C\C/C=C\CCC(=O)NC(CO)C(O)/C=C/CCCCCCCCCCCC. The third kappa shape index (κ3) is 43.1. The van der Waals surface area contributed by atoms with E-state index in [9.17, 15) is 19.8 Å². The van der Waals surface area contributed by atoms with Crippen LogP contribution in [0, 0.1) is 0 Å². The maximum atomic E-state index is 12.3. The number of amides is 1. The second kappa shape index (κ2) is 47.2. The summed E-state index contributed by atoms with van der Waals surface area (Å²) < 4.78 is 5.44. The van der Waals surface area contributed by atoms with Gasteiger partial charge in [0.15, 0.2) is 0 Å². The molecule has 0 saturated heterocycles. The molecular formula is C52H93NO5. The number of ether oxygens (including phenoxy) is 1. The number of aliphatic hydroxyl groups is 2. The molecule has 6 nitrogen and oxygen atoms in total. The Balaban J connectivity index is 3.60. The highest BCUT2D eigenvalue weighted by Crippen LogP contribution is 2.13. The smallest absolute Gasteiger partial charge is 0.305 e. The molecule has 0 rings (SSSR count). The van der Waals surface area contributed by atoms with Crippen LogP contribution in [0.2, 0.25) is 0 Å². The van der Waals surface area contributed by atoms with Crippen molar-refractivity contribution in [2.75, 3.05) is 13.2 Å². The zero-order valence-corrected chi connectivity index (χ0v) is 38.0. The zero-order chi connectivity index (χ0) is 42.3. The molecule has 0 fully saturated rings. The van der Waals surface area contributed by atoms with Crippen LogP contribution in [0.5, 0.6) is 0 Å². The maximum Gasteiger partial charge on any atom is 0.305 e. The minimum Gasteiger partial charge on any atom is -0.466 e. The van der Waals surface area contributed by atoms with Crippen molar-refractivity contribution >= 4 is 11.9 Å². The standard InChI is InChI=1S/C52H93NO5/c1-3-5-7-9-11-13-15-17-18-19-22-26-30-34-38-42-46-52(57)58-47-43-39-35-31-27-23-20-21-25-29-33-37-41-45-51(56)53-49(48-54)50(55)44-40-36-32-28-24-16-14-12-10-8-6-4-2/h13,15,18-19,21,25,33,37,40,44,49-50,54-55H,3-12,14,16-17,20,22-24,26-32,34-36,38-39,41-43,45-48H2,1-2H3,(H,53,56)/b15-13-,19-18-,25-21-,37-33-,44-40+.